The zero-order valence-corrected chi connectivity index (χ0v) is 14.5. The Kier molecular flexibility index (Phi) is 5.83. The van der Waals surface area contributed by atoms with Gasteiger partial charge in [-0.15, -0.1) is 13.2 Å². The summed E-state index contributed by atoms with van der Waals surface area (Å²) in [5.74, 6) is -0.491. The number of hydrogen-bond donors (Lipinski definition) is 2. The summed E-state index contributed by atoms with van der Waals surface area (Å²) in [6.07, 6.45) is 2.44. The van der Waals surface area contributed by atoms with Crippen LogP contribution < -0.4 is 20.1 Å². The van der Waals surface area contributed by atoms with Gasteiger partial charge in [0.25, 0.3) is 5.91 Å². The standard InChI is InChI=1S/C19H16F3N3O3/c20-19(21,22)28-16-6-3-14(4-7-16)18(26)25-15-5-8-17(24-11-15)27-12-13-2-1-9-23-10-13/h1-8,10-11,23H,9,12H2,(H,25,26). The first-order chi connectivity index (χ1) is 13.4. The number of amides is 1. The van der Waals surface area contributed by atoms with Crippen molar-refractivity contribution in [2.45, 2.75) is 6.36 Å². The van der Waals surface area contributed by atoms with Gasteiger partial charge < -0.3 is 20.1 Å². The van der Waals surface area contributed by atoms with E-state index in [1.807, 2.05) is 18.4 Å². The van der Waals surface area contributed by atoms with Gasteiger partial charge in [-0.1, -0.05) is 12.2 Å². The van der Waals surface area contributed by atoms with Gasteiger partial charge in [-0.25, -0.2) is 4.98 Å². The molecular formula is C19H16F3N3O3. The fraction of sp³-hybridized carbons (Fsp3) is 0.158. The molecule has 28 heavy (non-hydrogen) atoms. The summed E-state index contributed by atoms with van der Waals surface area (Å²) in [4.78, 5) is 16.3. The Bertz CT molecular complexity index is 876. The monoisotopic (exact) mass is 391 g/mol. The van der Waals surface area contributed by atoms with Crippen molar-refractivity contribution in [1.29, 1.82) is 0 Å². The van der Waals surface area contributed by atoms with Crippen molar-refractivity contribution in [3.05, 3.63) is 72.1 Å². The first-order valence-electron chi connectivity index (χ1n) is 8.24. The van der Waals surface area contributed by atoms with Crippen molar-refractivity contribution in [1.82, 2.24) is 10.3 Å². The van der Waals surface area contributed by atoms with Gasteiger partial charge in [-0.3, -0.25) is 4.79 Å². The van der Waals surface area contributed by atoms with Gasteiger partial charge in [-0.05, 0) is 30.3 Å². The number of ether oxygens (including phenoxy) is 2. The molecule has 1 aliphatic rings. The summed E-state index contributed by atoms with van der Waals surface area (Å²) in [7, 11) is 0. The molecule has 0 aliphatic carbocycles. The number of nitrogens with one attached hydrogen (secondary N) is 2. The quantitative estimate of drug-likeness (QED) is 0.787. The molecule has 3 rings (SSSR count). The zero-order valence-electron chi connectivity index (χ0n) is 14.5. The Hall–Kier alpha value is -3.49. The summed E-state index contributed by atoms with van der Waals surface area (Å²) < 4.78 is 45.8. The third-order valence-corrected chi connectivity index (χ3v) is 3.59. The lowest BCUT2D eigenvalue weighted by molar-refractivity contribution is -0.274. The highest BCUT2D eigenvalue weighted by molar-refractivity contribution is 6.04. The molecule has 0 unspecified atom stereocenters. The molecule has 0 radical (unpaired) electrons. The highest BCUT2D eigenvalue weighted by atomic mass is 19.4. The predicted octanol–water partition coefficient (Wildman–Crippen LogP) is 3.65. The second-order valence-electron chi connectivity index (χ2n) is 5.73. The van der Waals surface area contributed by atoms with Crippen molar-refractivity contribution >= 4 is 11.6 Å². The molecule has 1 amide bonds. The van der Waals surface area contributed by atoms with Gasteiger partial charge in [-0.2, -0.15) is 0 Å². The number of hydrogen-bond acceptors (Lipinski definition) is 5. The Balaban J connectivity index is 1.54. The topological polar surface area (TPSA) is 72.5 Å². The maximum absolute atomic E-state index is 12.2. The summed E-state index contributed by atoms with van der Waals surface area (Å²) in [6.45, 7) is 1.14. The molecule has 1 aromatic heterocycles. The lowest BCUT2D eigenvalue weighted by Crippen LogP contribution is -2.17. The Morgan fingerprint density at radius 1 is 1.18 bits per heavy atom. The molecule has 1 aromatic carbocycles. The fourth-order valence-corrected chi connectivity index (χ4v) is 2.31. The minimum atomic E-state index is -4.78. The summed E-state index contributed by atoms with van der Waals surface area (Å²) >= 11 is 0. The number of carbonyl (C=O) groups excluding carboxylic acids is 1. The van der Waals surface area contributed by atoms with E-state index < -0.39 is 18.0 Å². The molecule has 2 heterocycles. The van der Waals surface area contributed by atoms with Crippen LogP contribution in [0.1, 0.15) is 10.4 Å². The molecule has 2 aromatic rings. The van der Waals surface area contributed by atoms with E-state index >= 15 is 0 Å². The molecule has 146 valence electrons. The Labute approximate surface area is 158 Å². The van der Waals surface area contributed by atoms with E-state index in [1.54, 1.807) is 12.1 Å². The number of alkyl halides is 3. The average molecular weight is 391 g/mol. The number of aromatic nitrogens is 1. The maximum Gasteiger partial charge on any atom is 0.573 e. The zero-order chi connectivity index (χ0) is 20.0. The van der Waals surface area contributed by atoms with Gasteiger partial charge in [0.1, 0.15) is 12.4 Å². The van der Waals surface area contributed by atoms with Crippen LogP contribution in [0.15, 0.2) is 66.5 Å². The molecule has 0 saturated heterocycles. The smallest absolute Gasteiger partial charge is 0.473 e. The van der Waals surface area contributed by atoms with E-state index in [1.165, 1.54) is 18.3 Å². The summed E-state index contributed by atoms with van der Waals surface area (Å²) in [5.41, 5.74) is 1.58. The van der Waals surface area contributed by atoms with Crippen molar-refractivity contribution < 1.29 is 27.4 Å². The molecule has 0 saturated carbocycles. The first kappa shape index (κ1) is 19.3. The van der Waals surface area contributed by atoms with E-state index in [-0.39, 0.29) is 5.56 Å². The summed E-state index contributed by atoms with van der Waals surface area (Å²) in [6, 6.07) is 7.84. The second kappa shape index (κ2) is 8.47. The Morgan fingerprint density at radius 3 is 2.57 bits per heavy atom. The highest BCUT2D eigenvalue weighted by Gasteiger charge is 2.31. The van der Waals surface area contributed by atoms with Gasteiger partial charge >= 0.3 is 6.36 Å². The number of nitrogens with zero attached hydrogens (tertiary/aromatic N) is 1. The van der Waals surface area contributed by atoms with Crippen LogP contribution in [0, 0.1) is 0 Å². The van der Waals surface area contributed by atoms with Gasteiger partial charge in [0.2, 0.25) is 5.88 Å². The number of benzene rings is 1. The lowest BCUT2D eigenvalue weighted by Gasteiger charge is -2.11. The van der Waals surface area contributed by atoms with E-state index in [0.29, 0.717) is 18.2 Å². The van der Waals surface area contributed by atoms with Crippen LogP contribution in [0.25, 0.3) is 0 Å². The minimum absolute atomic E-state index is 0.179. The number of halogens is 3. The van der Waals surface area contributed by atoms with Crippen LogP contribution in [0.3, 0.4) is 0 Å². The van der Waals surface area contributed by atoms with Gasteiger partial charge in [0.15, 0.2) is 0 Å². The molecular weight excluding hydrogens is 375 g/mol. The van der Waals surface area contributed by atoms with Crippen molar-refractivity contribution in [2.24, 2.45) is 0 Å². The normalized spacial score (nSPS) is 13.3. The number of rotatable bonds is 6. The van der Waals surface area contributed by atoms with Gasteiger partial charge in [0.05, 0.1) is 11.9 Å². The number of dihydropyridines is 1. The van der Waals surface area contributed by atoms with Crippen molar-refractivity contribution in [3.8, 4) is 11.6 Å². The van der Waals surface area contributed by atoms with E-state index in [4.69, 9.17) is 4.74 Å². The van der Waals surface area contributed by atoms with E-state index in [2.05, 4.69) is 20.4 Å². The highest BCUT2D eigenvalue weighted by Crippen LogP contribution is 2.23. The van der Waals surface area contributed by atoms with Crippen LogP contribution in [-0.4, -0.2) is 30.4 Å². The fourth-order valence-electron chi connectivity index (χ4n) is 2.31. The number of pyridine rings is 1. The molecule has 1 aliphatic heterocycles. The van der Waals surface area contributed by atoms with Crippen LogP contribution in [0.4, 0.5) is 18.9 Å². The maximum atomic E-state index is 12.2. The molecule has 0 atom stereocenters. The van der Waals surface area contributed by atoms with Crippen LogP contribution in [-0.2, 0) is 0 Å². The molecule has 2 N–H and O–H groups in total. The van der Waals surface area contributed by atoms with Gasteiger partial charge in [0, 0.05) is 29.9 Å². The van der Waals surface area contributed by atoms with Crippen LogP contribution in [0.2, 0.25) is 0 Å². The molecule has 0 fully saturated rings. The van der Waals surface area contributed by atoms with Crippen LogP contribution >= 0.6 is 0 Å². The average Bonchev–Trinajstić information content (AvgIpc) is 2.67. The third kappa shape index (κ3) is 5.76. The van der Waals surface area contributed by atoms with Crippen LogP contribution in [0.5, 0.6) is 11.6 Å². The summed E-state index contributed by atoms with van der Waals surface area (Å²) in [5, 5.41) is 5.68. The van der Waals surface area contributed by atoms with E-state index in [9.17, 15) is 18.0 Å². The molecule has 0 bridgehead atoms. The molecule has 9 heteroatoms. The third-order valence-electron chi connectivity index (χ3n) is 3.59. The number of carbonyl (C=O) groups is 1. The molecule has 0 spiro atoms. The second-order valence-corrected chi connectivity index (χ2v) is 5.73. The minimum Gasteiger partial charge on any atom is -0.473 e. The SMILES string of the molecule is O=C(Nc1ccc(OCC2=CNCC=C2)nc1)c1ccc(OC(F)(F)F)cc1. The lowest BCUT2D eigenvalue weighted by atomic mass is 10.2. The number of anilines is 1. The van der Waals surface area contributed by atoms with Crippen molar-refractivity contribution in [2.75, 3.05) is 18.5 Å². The largest absolute Gasteiger partial charge is 0.573 e. The first-order valence-corrected chi connectivity index (χ1v) is 8.24. The van der Waals surface area contributed by atoms with Crippen molar-refractivity contribution in [3.63, 3.8) is 0 Å². The Morgan fingerprint density at radius 2 is 1.96 bits per heavy atom. The molecule has 6 nitrogen and oxygen atoms in total. The van der Waals surface area contributed by atoms with E-state index in [0.717, 1.165) is 24.3 Å². The predicted molar refractivity (Wildman–Crippen MR) is 96.0 cm³/mol.